The zero-order chi connectivity index (χ0) is 20.8. The molecule has 2 aromatic carbocycles. The number of aryl methyl sites for hydroxylation is 1. The van der Waals surface area contributed by atoms with Crippen LogP contribution in [0, 0.1) is 0 Å². The van der Waals surface area contributed by atoms with E-state index in [2.05, 4.69) is 15.9 Å². The molecule has 0 bridgehead atoms. The first-order chi connectivity index (χ1) is 14.5. The quantitative estimate of drug-likeness (QED) is 0.549. The molecule has 1 aliphatic heterocycles. The second-order valence-corrected chi connectivity index (χ2v) is 8.44. The Bertz CT molecular complexity index is 1300. The fraction of sp³-hybridized carbons (Fsp3) is 0.227. The largest absolute Gasteiger partial charge is 0.477 e. The molecule has 3 heterocycles. The molecular formula is C22H20N4O3S. The number of nitrogens with zero attached hydrogens (tertiary/aromatic N) is 4. The second kappa shape index (κ2) is 7.14. The molecule has 0 radical (unpaired) electrons. The Morgan fingerprint density at radius 2 is 1.80 bits per heavy atom. The van der Waals surface area contributed by atoms with Gasteiger partial charge in [0, 0.05) is 50.5 Å². The van der Waals surface area contributed by atoms with Crippen molar-refractivity contribution in [3.05, 3.63) is 64.4 Å². The smallest absolute Gasteiger partial charge is 0.341 e. The minimum atomic E-state index is -1.20. The lowest BCUT2D eigenvalue weighted by Gasteiger charge is -2.36. The van der Waals surface area contributed by atoms with Crippen LogP contribution in [0.15, 0.2) is 53.5 Å². The lowest BCUT2D eigenvalue weighted by atomic mass is 10.1. The van der Waals surface area contributed by atoms with Crippen LogP contribution in [-0.4, -0.2) is 46.8 Å². The molecule has 0 spiro atoms. The molecule has 5 rings (SSSR count). The predicted molar refractivity (Wildman–Crippen MR) is 120 cm³/mol. The van der Waals surface area contributed by atoms with Crippen molar-refractivity contribution in [1.82, 2.24) is 9.55 Å². The third-order valence-electron chi connectivity index (χ3n) is 5.60. The number of hydrogen-bond acceptors (Lipinski definition) is 6. The summed E-state index contributed by atoms with van der Waals surface area (Å²) in [7, 11) is 1.77. The first-order valence-electron chi connectivity index (χ1n) is 9.73. The Kier molecular flexibility index (Phi) is 4.43. The average Bonchev–Trinajstić information content (AvgIpc) is 3.20. The van der Waals surface area contributed by atoms with Crippen LogP contribution in [0.2, 0.25) is 0 Å². The highest BCUT2D eigenvalue weighted by molar-refractivity contribution is 7.22. The summed E-state index contributed by atoms with van der Waals surface area (Å²) in [5, 5.41) is 10.7. The summed E-state index contributed by atoms with van der Waals surface area (Å²) >= 11 is 1.72. The maximum Gasteiger partial charge on any atom is 0.341 e. The number of carboxylic acids is 1. The minimum Gasteiger partial charge on any atom is -0.477 e. The molecule has 7 nitrogen and oxygen atoms in total. The molecule has 1 aliphatic rings. The Morgan fingerprint density at radius 3 is 2.53 bits per heavy atom. The molecule has 4 aromatic rings. The molecule has 2 aromatic heterocycles. The molecule has 152 valence electrons. The number of piperazine rings is 1. The molecule has 1 fully saturated rings. The number of hydrogen-bond donors (Lipinski definition) is 1. The van der Waals surface area contributed by atoms with Gasteiger partial charge in [0.05, 0.1) is 15.7 Å². The van der Waals surface area contributed by atoms with Crippen molar-refractivity contribution in [3.8, 4) is 0 Å². The van der Waals surface area contributed by atoms with E-state index < -0.39 is 11.4 Å². The van der Waals surface area contributed by atoms with Crippen LogP contribution >= 0.6 is 11.3 Å². The Morgan fingerprint density at radius 1 is 1.07 bits per heavy atom. The highest BCUT2D eigenvalue weighted by Gasteiger charge is 2.21. The van der Waals surface area contributed by atoms with Crippen molar-refractivity contribution >= 4 is 49.2 Å². The third kappa shape index (κ3) is 3.09. The number of carboxylic acid groups (broad SMARTS) is 1. The second-order valence-electron chi connectivity index (χ2n) is 7.43. The summed E-state index contributed by atoms with van der Waals surface area (Å²) in [6.07, 6.45) is 1.39. The number of rotatable bonds is 3. The zero-order valence-electron chi connectivity index (χ0n) is 16.4. The standard InChI is InChI=1S/C22H20N4O3S/c1-24-13-16(21(28)29)20(27)15-7-6-14(12-18(15)24)25-8-10-26(11-9-25)22-23-17-4-2-3-5-19(17)30-22/h2-7,12-13H,8-11H2,1H3,(H,28,29). The van der Waals surface area contributed by atoms with Crippen LogP contribution in [0.5, 0.6) is 0 Å². The number of anilines is 2. The summed E-state index contributed by atoms with van der Waals surface area (Å²) in [6.45, 7) is 3.44. The molecule has 30 heavy (non-hydrogen) atoms. The van der Waals surface area contributed by atoms with Gasteiger partial charge in [-0.3, -0.25) is 4.79 Å². The van der Waals surface area contributed by atoms with Gasteiger partial charge in [-0.15, -0.1) is 0 Å². The maximum atomic E-state index is 12.5. The molecule has 1 saturated heterocycles. The minimum absolute atomic E-state index is 0.206. The van der Waals surface area contributed by atoms with Gasteiger partial charge in [0.1, 0.15) is 5.56 Å². The van der Waals surface area contributed by atoms with E-state index in [1.165, 1.54) is 10.9 Å². The maximum absolute atomic E-state index is 12.5. The van der Waals surface area contributed by atoms with Crippen molar-refractivity contribution in [2.45, 2.75) is 0 Å². The number of carbonyl (C=O) groups is 1. The molecule has 0 amide bonds. The van der Waals surface area contributed by atoms with E-state index >= 15 is 0 Å². The number of pyridine rings is 1. The summed E-state index contributed by atoms with van der Waals surface area (Å²) in [4.78, 5) is 33.1. The predicted octanol–water partition coefficient (Wildman–Crippen LogP) is 3.17. The first-order valence-corrected chi connectivity index (χ1v) is 10.5. The molecule has 0 saturated carbocycles. The van der Waals surface area contributed by atoms with Gasteiger partial charge in [-0.05, 0) is 30.3 Å². The van der Waals surface area contributed by atoms with Gasteiger partial charge in [-0.1, -0.05) is 23.5 Å². The summed E-state index contributed by atoms with van der Waals surface area (Å²) < 4.78 is 2.91. The van der Waals surface area contributed by atoms with Gasteiger partial charge in [-0.25, -0.2) is 9.78 Å². The van der Waals surface area contributed by atoms with Gasteiger partial charge in [0.15, 0.2) is 5.13 Å². The molecule has 8 heteroatoms. The molecule has 0 unspecified atom stereocenters. The third-order valence-corrected chi connectivity index (χ3v) is 6.70. The van der Waals surface area contributed by atoms with E-state index in [0.717, 1.165) is 48.0 Å². The lowest BCUT2D eigenvalue weighted by Crippen LogP contribution is -2.46. The van der Waals surface area contributed by atoms with E-state index in [9.17, 15) is 14.7 Å². The van der Waals surface area contributed by atoms with Gasteiger partial charge in [0.25, 0.3) is 0 Å². The van der Waals surface area contributed by atoms with E-state index in [4.69, 9.17) is 4.98 Å². The molecule has 1 N–H and O–H groups in total. The lowest BCUT2D eigenvalue weighted by molar-refractivity contribution is 0.0695. The van der Waals surface area contributed by atoms with Crippen LogP contribution in [0.3, 0.4) is 0 Å². The zero-order valence-corrected chi connectivity index (χ0v) is 17.2. The van der Waals surface area contributed by atoms with E-state index in [0.29, 0.717) is 5.39 Å². The fourth-order valence-electron chi connectivity index (χ4n) is 3.97. The average molecular weight is 420 g/mol. The molecule has 0 aliphatic carbocycles. The van der Waals surface area contributed by atoms with E-state index in [1.807, 2.05) is 30.3 Å². The number of para-hydroxylation sites is 1. The van der Waals surface area contributed by atoms with Crippen molar-refractivity contribution in [2.75, 3.05) is 36.0 Å². The van der Waals surface area contributed by atoms with Crippen molar-refractivity contribution < 1.29 is 9.90 Å². The Balaban J connectivity index is 1.39. The Hall–Kier alpha value is -3.39. The normalized spacial score (nSPS) is 14.6. The van der Waals surface area contributed by atoms with Gasteiger partial charge >= 0.3 is 5.97 Å². The highest BCUT2D eigenvalue weighted by atomic mass is 32.1. The van der Waals surface area contributed by atoms with Gasteiger partial charge in [0.2, 0.25) is 5.43 Å². The monoisotopic (exact) mass is 420 g/mol. The highest BCUT2D eigenvalue weighted by Crippen LogP contribution is 2.30. The van der Waals surface area contributed by atoms with Gasteiger partial charge in [-0.2, -0.15) is 0 Å². The molecular weight excluding hydrogens is 400 g/mol. The number of fused-ring (bicyclic) bond motifs is 2. The SMILES string of the molecule is Cn1cc(C(=O)O)c(=O)c2ccc(N3CCN(c4nc5ccccc5s4)CC3)cc21. The topological polar surface area (TPSA) is 78.7 Å². The van der Waals surface area contributed by atoms with E-state index in [-0.39, 0.29) is 5.56 Å². The van der Waals surface area contributed by atoms with Crippen LogP contribution in [0.1, 0.15) is 10.4 Å². The number of aromatic carboxylic acids is 1. The van der Waals surface area contributed by atoms with Crippen molar-refractivity contribution in [3.63, 3.8) is 0 Å². The fourth-order valence-corrected chi connectivity index (χ4v) is 4.99. The number of aromatic nitrogens is 2. The van der Waals surface area contributed by atoms with Crippen molar-refractivity contribution in [2.24, 2.45) is 7.05 Å². The molecule has 0 atom stereocenters. The van der Waals surface area contributed by atoms with Crippen LogP contribution in [0.25, 0.3) is 21.1 Å². The van der Waals surface area contributed by atoms with Crippen molar-refractivity contribution in [1.29, 1.82) is 0 Å². The number of thiazole rings is 1. The summed E-state index contributed by atoms with van der Waals surface area (Å²) in [5.74, 6) is -1.20. The van der Waals surface area contributed by atoms with E-state index in [1.54, 1.807) is 29.0 Å². The van der Waals surface area contributed by atoms with Crippen LogP contribution < -0.4 is 15.2 Å². The van der Waals surface area contributed by atoms with Gasteiger partial charge < -0.3 is 19.5 Å². The first kappa shape index (κ1) is 18.6. The Labute approximate surface area is 176 Å². The summed E-state index contributed by atoms with van der Waals surface area (Å²) in [5.41, 5.74) is 2.15. The van der Waals surface area contributed by atoms with Crippen LogP contribution in [0.4, 0.5) is 10.8 Å². The van der Waals surface area contributed by atoms with Crippen LogP contribution in [-0.2, 0) is 7.05 Å². The number of benzene rings is 2. The summed E-state index contributed by atoms with van der Waals surface area (Å²) in [6, 6.07) is 13.8.